The molecule has 1 saturated heterocycles. The number of nitrogens with zero attached hydrogens (tertiary/aromatic N) is 2. The fraction of sp³-hybridized carbons (Fsp3) is 0.429. The molecule has 0 bridgehead atoms. The Bertz CT molecular complexity index is 996. The SMILES string of the molecule is COc1c([C@H]2[C@H](C(=O)Nc3cc(C(C)=O)ncn3)OC(C)(C)[C@H]2C)ccc(F)c1F. The molecule has 0 spiro atoms. The molecule has 1 N–H and O–H groups in total. The molecular formula is C21H23F2N3O4. The molecule has 1 aromatic heterocycles. The van der Waals surface area contributed by atoms with Crippen LogP contribution in [0, 0.1) is 17.6 Å². The van der Waals surface area contributed by atoms with Gasteiger partial charge in [-0.3, -0.25) is 9.59 Å². The van der Waals surface area contributed by atoms with Gasteiger partial charge in [0.15, 0.2) is 17.3 Å². The van der Waals surface area contributed by atoms with Crippen LogP contribution in [0.4, 0.5) is 14.6 Å². The average molecular weight is 419 g/mol. The number of ketones is 1. The van der Waals surface area contributed by atoms with E-state index in [9.17, 15) is 18.4 Å². The van der Waals surface area contributed by atoms with Gasteiger partial charge < -0.3 is 14.8 Å². The van der Waals surface area contributed by atoms with Crippen molar-refractivity contribution < 1.29 is 27.8 Å². The van der Waals surface area contributed by atoms with Crippen LogP contribution in [0.2, 0.25) is 0 Å². The highest BCUT2D eigenvalue weighted by Crippen LogP contribution is 2.49. The molecule has 1 amide bonds. The number of carbonyl (C=O) groups is 2. The summed E-state index contributed by atoms with van der Waals surface area (Å²) in [4.78, 5) is 32.4. The largest absolute Gasteiger partial charge is 0.493 e. The van der Waals surface area contributed by atoms with Gasteiger partial charge in [0.05, 0.1) is 12.7 Å². The lowest BCUT2D eigenvalue weighted by Gasteiger charge is -2.25. The Kier molecular flexibility index (Phi) is 5.85. The fourth-order valence-corrected chi connectivity index (χ4v) is 3.68. The topological polar surface area (TPSA) is 90.4 Å². The summed E-state index contributed by atoms with van der Waals surface area (Å²) < 4.78 is 39.2. The van der Waals surface area contributed by atoms with Crippen LogP contribution in [0.25, 0.3) is 0 Å². The molecule has 0 saturated carbocycles. The van der Waals surface area contributed by atoms with Crippen LogP contribution in [-0.4, -0.2) is 40.5 Å². The zero-order valence-corrected chi connectivity index (χ0v) is 17.3. The van der Waals surface area contributed by atoms with Gasteiger partial charge in [0, 0.05) is 24.5 Å². The van der Waals surface area contributed by atoms with Crippen molar-refractivity contribution in [1.29, 1.82) is 0 Å². The third-order valence-corrected chi connectivity index (χ3v) is 5.57. The first-order chi connectivity index (χ1) is 14.1. The van der Waals surface area contributed by atoms with E-state index >= 15 is 0 Å². The first kappa shape index (κ1) is 21.8. The van der Waals surface area contributed by atoms with E-state index in [0.29, 0.717) is 5.56 Å². The monoisotopic (exact) mass is 419 g/mol. The maximum atomic E-state index is 14.3. The predicted molar refractivity (Wildman–Crippen MR) is 104 cm³/mol. The third-order valence-electron chi connectivity index (χ3n) is 5.57. The standard InChI is InChI=1S/C21H23F2N3O4/c1-10-16(12-6-7-13(22)17(23)18(12)29-5)19(30-21(10,3)4)20(28)26-15-8-14(11(2)27)24-9-25-15/h6-10,16,19H,1-5H3,(H,24,25,26,28)/t10-,16-,19+/m0/s1. The maximum absolute atomic E-state index is 14.3. The van der Waals surface area contributed by atoms with E-state index in [0.717, 1.165) is 6.07 Å². The number of hydrogen-bond acceptors (Lipinski definition) is 6. The Morgan fingerprint density at radius 1 is 1.23 bits per heavy atom. The second-order valence-corrected chi connectivity index (χ2v) is 7.77. The van der Waals surface area contributed by atoms with Crippen molar-refractivity contribution in [1.82, 2.24) is 9.97 Å². The number of anilines is 1. The van der Waals surface area contributed by atoms with Crippen molar-refractivity contribution in [2.24, 2.45) is 5.92 Å². The summed E-state index contributed by atoms with van der Waals surface area (Å²) in [6, 6.07) is 3.77. The zero-order chi connectivity index (χ0) is 22.2. The number of Topliss-reactive ketones (excluding diaryl/α,β-unsaturated/α-hetero) is 1. The van der Waals surface area contributed by atoms with Crippen LogP contribution in [0.5, 0.6) is 5.75 Å². The van der Waals surface area contributed by atoms with Crippen LogP contribution >= 0.6 is 0 Å². The first-order valence-corrected chi connectivity index (χ1v) is 9.40. The van der Waals surface area contributed by atoms with Gasteiger partial charge in [-0.1, -0.05) is 13.0 Å². The Labute approximate surface area is 172 Å². The number of rotatable bonds is 5. The third kappa shape index (κ3) is 3.89. The van der Waals surface area contributed by atoms with E-state index in [1.807, 2.05) is 20.8 Å². The highest BCUT2D eigenvalue weighted by molar-refractivity contribution is 5.97. The highest BCUT2D eigenvalue weighted by atomic mass is 19.2. The molecule has 0 aliphatic carbocycles. The van der Waals surface area contributed by atoms with Crippen molar-refractivity contribution in [2.45, 2.75) is 45.3 Å². The molecule has 3 atom stereocenters. The van der Waals surface area contributed by atoms with Gasteiger partial charge in [-0.15, -0.1) is 0 Å². The van der Waals surface area contributed by atoms with E-state index in [1.165, 1.54) is 32.5 Å². The Balaban J connectivity index is 1.98. The molecule has 0 unspecified atom stereocenters. The van der Waals surface area contributed by atoms with Crippen LogP contribution < -0.4 is 10.1 Å². The summed E-state index contributed by atoms with van der Waals surface area (Å²) in [6.07, 6.45) is 0.147. The van der Waals surface area contributed by atoms with Gasteiger partial charge in [0.25, 0.3) is 5.91 Å². The minimum absolute atomic E-state index is 0.136. The molecule has 9 heteroatoms. The second kappa shape index (κ2) is 8.06. The van der Waals surface area contributed by atoms with Gasteiger partial charge in [0.2, 0.25) is 5.82 Å². The lowest BCUT2D eigenvalue weighted by molar-refractivity contribution is -0.131. The summed E-state index contributed by atoms with van der Waals surface area (Å²) in [7, 11) is 1.24. The molecular weight excluding hydrogens is 396 g/mol. The van der Waals surface area contributed by atoms with Crippen LogP contribution in [0.1, 0.15) is 49.7 Å². The zero-order valence-electron chi connectivity index (χ0n) is 17.3. The number of carbonyl (C=O) groups excluding carboxylic acids is 2. The quantitative estimate of drug-likeness (QED) is 0.746. The number of amides is 1. The van der Waals surface area contributed by atoms with Crippen molar-refractivity contribution in [3.63, 3.8) is 0 Å². The Hall–Kier alpha value is -2.94. The number of hydrogen-bond donors (Lipinski definition) is 1. The summed E-state index contributed by atoms with van der Waals surface area (Å²) >= 11 is 0. The number of nitrogens with one attached hydrogen (secondary N) is 1. The van der Waals surface area contributed by atoms with E-state index in [4.69, 9.17) is 9.47 Å². The predicted octanol–water partition coefficient (Wildman–Crippen LogP) is 3.50. The molecule has 7 nitrogen and oxygen atoms in total. The van der Waals surface area contributed by atoms with Crippen LogP contribution in [0.3, 0.4) is 0 Å². The smallest absolute Gasteiger partial charge is 0.255 e. The lowest BCUT2D eigenvalue weighted by Crippen LogP contribution is -2.33. The summed E-state index contributed by atoms with van der Waals surface area (Å²) in [5, 5.41) is 2.62. The van der Waals surface area contributed by atoms with E-state index in [-0.39, 0.29) is 29.0 Å². The number of benzene rings is 1. The van der Waals surface area contributed by atoms with Crippen molar-refractivity contribution in [3.8, 4) is 5.75 Å². The lowest BCUT2D eigenvalue weighted by atomic mass is 9.78. The summed E-state index contributed by atoms with van der Waals surface area (Å²) in [5.41, 5.74) is -0.236. The van der Waals surface area contributed by atoms with Crippen molar-refractivity contribution in [2.75, 3.05) is 12.4 Å². The Morgan fingerprint density at radius 2 is 1.93 bits per heavy atom. The van der Waals surface area contributed by atoms with Gasteiger partial charge >= 0.3 is 0 Å². The molecule has 1 aliphatic heterocycles. The number of ether oxygens (including phenoxy) is 2. The number of halogens is 2. The number of methoxy groups -OCH3 is 1. The van der Waals surface area contributed by atoms with Crippen molar-refractivity contribution in [3.05, 3.63) is 47.4 Å². The number of aromatic nitrogens is 2. The minimum atomic E-state index is -1.12. The first-order valence-electron chi connectivity index (χ1n) is 9.40. The normalized spacial score (nSPS) is 22.6. The van der Waals surface area contributed by atoms with Gasteiger partial charge in [-0.2, -0.15) is 4.39 Å². The second-order valence-electron chi connectivity index (χ2n) is 7.77. The Morgan fingerprint density at radius 3 is 2.57 bits per heavy atom. The van der Waals surface area contributed by atoms with Crippen LogP contribution in [-0.2, 0) is 9.53 Å². The summed E-state index contributed by atoms with van der Waals surface area (Å²) in [6.45, 7) is 6.87. The molecule has 1 aliphatic rings. The molecule has 30 heavy (non-hydrogen) atoms. The molecule has 2 aromatic rings. The van der Waals surface area contributed by atoms with E-state index < -0.39 is 35.2 Å². The minimum Gasteiger partial charge on any atom is -0.493 e. The van der Waals surface area contributed by atoms with Gasteiger partial charge in [-0.25, -0.2) is 14.4 Å². The average Bonchev–Trinajstić information content (AvgIpc) is 2.93. The molecule has 0 radical (unpaired) electrons. The van der Waals surface area contributed by atoms with Gasteiger partial charge in [0.1, 0.15) is 23.9 Å². The molecule has 2 heterocycles. The highest BCUT2D eigenvalue weighted by Gasteiger charge is 2.51. The molecule has 160 valence electrons. The van der Waals surface area contributed by atoms with Gasteiger partial charge in [-0.05, 0) is 25.8 Å². The van der Waals surface area contributed by atoms with Crippen LogP contribution in [0.15, 0.2) is 24.5 Å². The molecule has 1 aromatic carbocycles. The van der Waals surface area contributed by atoms with E-state index in [2.05, 4.69) is 15.3 Å². The molecule has 3 rings (SSSR count). The molecule has 1 fully saturated rings. The van der Waals surface area contributed by atoms with Crippen molar-refractivity contribution >= 4 is 17.5 Å². The van der Waals surface area contributed by atoms with E-state index in [1.54, 1.807) is 0 Å². The maximum Gasteiger partial charge on any atom is 0.255 e. The summed E-state index contributed by atoms with van der Waals surface area (Å²) in [5.74, 6) is -3.93. The fourth-order valence-electron chi connectivity index (χ4n) is 3.68.